The average Bonchev–Trinajstić information content (AvgIpc) is 2.50. The van der Waals surface area contributed by atoms with Crippen molar-refractivity contribution in [3.05, 3.63) is 36.2 Å². The zero-order chi connectivity index (χ0) is 14.5. The summed E-state index contributed by atoms with van der Waals surface area (Å²) in [6.45, 7) is -0.00837. The molecule has 1 aromatic heterocycles. The summed E-state index contributed by atoms with van der Waals surface area (Å²) in [4.78, 5) is 31.3. The highest BCUT2D eigenvalue weighted by molar-refractivity contribution is 6.30. The van der Waals surface area contributed by atoms with Crippen LogP contribution in [0.4, 0.5) is 0 Å². The number of carbonyl (C=O) groups excluding carboxylic acids is 2. The van der Waals surface area contributed by atoms with Crippen LogP contribution in [0.3, 0.4) is 0 Å². The molecule has 1 aromatic carbocycles. The number of nitrogens with zero attached hydrogens (tertiary/aromatic N) is 2. The van der Waals surface area contributed by atoms with Gasteiger partial charge in [-0.1, -0.05) is 0 Å². The normalized spacial score (nSPS) is 11.9. The number of benzene rings is 1. The molecule has 2 aromatic rings. The summed E-state index contributed by atoms with van der Waals surface area (Å²) in [5.41, 5.74) is 1.75. The van der Waals surface area contributed by atoms with E-state index in [1.165, 1.54) is 7.11 Å². The summed E-state index contributed by atoms with van der Waals surface area (Å²) in [6.07, 6.45) is 3.13. The first-order valence-corrected chi connectivity index (χ1v) is 6.26. The largest absolute Gasteiger partial charge is 0.468 e. The van der Waals surface area contributed by atoms with Crippen molar-refractivity contribution in [3.8, 4) is 0 Å². The summed E-state index contributed by atoms with van der Waals surface area (Å²) in [7, 11) is 1.24. The van der Waals surface area contributed by atoms with E-state index in [1.54, 1.807) is 30.6 Å². The molecule has 0 saturated carbocycles. The van der Waals surface area contributed by atoms with E-state index < -0.39 is 11.3 Å². The molecule has 0 radical (unpaired) electrons. The van der Waals surface area contributed by atoms with Crippen LogP contribution in [0.25, 0.3) is 11.0 Å². The van der Waals surface area contributed by atoms with E-state index in [-0.39, 0.29) is 12.5 Å². The topological polar surface area (TPSA) is 81.2 Å². The molecule has 0 saturated heterocycles. The highest BCUT2D eigenvalue weighted by atomic mass is 35.5. The minimum atomic E-state index is -0.913. The van der Waals surface area contributed by atoms with Gasteiger partial charge in [0.1, 0.15) is 5.38 Å². The second-order valence-electron chi connectivity index (χ2n) is 3.96. The molecule has 1 amide bonds. The molecular formula is C13H12ClN3O3. The molecule has 1 unspecified atom stereocenters. The molecule has 0 aliphatic heterocycles. The van der Waals surface area contributed by atoms with Crippen molar-refractivity contribution in [2.75, 3.05) is 13.7 Å². The average molecular weight is 294 g/mol. The van der Waals surface area contributed by atoms with Gasteiger partial charge in [-0.3, -0.25) is 19.6 Å². The molecule has 6 nitrogen and oxygen atoms in total. The first-order chi connectivity index (χ1) is 9.61. The van der Waals surface area contributed by atoms with Crippen LogP contribution >= 0.6 is 11.6 Å². The lowest BCUT2D eigenvalue weighted by atomic mass is 10.2. The number of rotatable bonds is 4. The SMILES string of the molecule is COC(=O)C(Cl)CNC(=O)c1ccc2nccnc2c1. The molecule has 1 heterocycles. The van der Waals surface area contributed by atoms with Gasteiger partial charge in [-0.05, 0) is 18.2 Å². The molecule has 0 bridgehead atoms. The number of carbonyl (C=O) groups is 2. The lowest BCUT2D eigenvalue weighted by Crippen LogP contribution is -2.34. The molecule has 0 aliphatic carbocycles. The maximum atomic E-state index is 11.9. The van der Waals surface area contributed by atoms with Crippen molar-refractivity contribution in [2.24, 2.45) is 0 Å². The van der Waals surface area contributed by atoms with E-state index in [1.807, 2.05) is 0 Å². The van der Waals surface area contributed by atoms with Crippen LogP contribution in [0.1, 0.15) is 10.4 Å². The van der Waals surface area contributed by atoms with E-state index in [0.29, 0.717) is 16.6 Å². The van der Waals surface area contributed by atoms with Crippen LogP contribution in [0, 0.1) is 0 Å². The third kappa shape index (κ3) is 3.21. The van der Waals surface area contributed by atoms with Crippen LogP contribution in [-0.4, -0.2) is 40.9 Å². The standard InChI is InChI=1S/C13H12ClN3O3/c1-20-13(19)9(14)7-17-12(18)8-2-3-10-11(6-8)16-5-4-15-10/h2-6,9H,7H2,1H3,(H,17,18). The van der Waals surface area contributed by atoms with E-state index in [2.05, 4.69) is 20.0 Å². The lowest BCUT2D eigenvalue weighted by Gasteiger charge is -2.09. The van der Waals surface area contributed by atoms with Crippen molar-refractivity contribution < 1.29 is 14.3 Å². The van der Waals surface area contributed by atoms with Crippen LogP contribution in [-0.2, 0) is 9.53 Å². The predicted octanol–water partition coefficient (Wildman–Crippen LogP) is 1.14. The fourth-order valence-electron chi connectivity index (χ4n) is 1.60. The van der Waals surface area contributed by atoms with Crippen LogP contribution in [0.15, 0.2) is 30.6 Å². The van der Waals surface area contributed by atoms with Gasteiger partial charge in [-0.15, -0.1) is 11.6 Å². The second-order valence-corrected chi connectivity index (χ2v) is 4.49. The Hall–Kier alpha value is -2.21. The molecular weight excluding hydrogens is 282 g/mol. The minimum Gasteiger partial charge on any atom is -0.468 e. The van der Waals surface area contributed by atoms with Gasteiger partial charge in [0.25, 0.3) is 5.91 Å². The Morgan fingerprint density at radius 2 is 2.00 bits per heavy atom. The summed E-state index contributed by atoms with van der Waals surface area (Å²) >= 11 is 5.75. The van der Waals surface area contributed by atoms with E-state index in [9.17, 15) is 9.59 Å². The van der Waals surface area contributed by atoms with Crippen LogP contribution in [0.5, 0.6) is 0 Å². The second kappa shape index (κ2) is 6.29. The van der Waals surface area contributed by atoms with Gasteiger partial charge in [0.15, 0.2) is 0 Å². The van der Waals surface area contributed by atoms with E-state index in [0.717, 1.165) is 0 Å². The van der Waals surface area contributed by atoms with Gasteiger partial charge in [0, 0.05) is 24.5 Å². The van der Waals surface area contributed by atoms with Crippen LogP contribution < -0.4 is 5.32 Å². The zero-order valence-corrected chi connectivity index (χ0v) is 11.4. The van der Waals surface area contributed by atoms with Crippen LogP contribution in [0.2, 0.25) is 0 Å². The number of fused-ring (bicyclic) bond motifs is 1. The number of alkyl halides is 1. The lowest BCUT2D eigenvalue weighted by molar-refractivity contribution is -0.140. The Kier molecular flexibility index (Phi) is 4.47. The molecule has 20 heavy (non-hydrogen) atoms. The summed E-state index contributed by atoms with van der Waals surface area (Å²) in [5.74, 6) is -0.927. The fourth-order valence-corrected chi connectivity index (χ4v) is 1.77. The summed E-state index contributed by atoms with van der Waals surface area (Å²) < 4.78 is 4.47. The number of halogens is 1. The molecule has 0 fully saturated rings. The first kappa shape index (κ1) is 14.2. The molecule has 2 rings (SSSR count). The number of hydrogen-bond donors (Lipinski definition) is 1. The predicted molar refractivity (Wildman–Crippen MR) is 73.5 cm³/mol. The molecule has 104 valence electrons. The van der Waals surface area contributed by atoms with E-state index >= 15 is 0 Å². The fraction of sp³-hybridized carbons (Fsp3) is 0.231. The van der Waals surface area contributed by atoms with Crippen molar-refractivity contribution in [1.82, 2.24) is 15.3 Å². The number of methoxy groups -OCH3 is 1. The summed E-state index contributed by atoms with van der Waals surface area (Å²) in [5, 5.41) is 1.65. The minimum absolute atomic E-state index is 0.00837. The first-order valence-electron chi connectivity index (χ1n) is 5.82. The highest BCUT2D eigenvalue weighted by Crippen LogP contribution is 2.10. The highest BCUT2D eigenvalue weighted by Gasteiger charge is 2.17. The van der Waals surface area contributed by atoms with Crippen molar-refractivity contribution >= 4 is 34.5 Å². The van der Waals surface area contributed by atoms with Gasteiger partial charge in [0.05, 0.1) is 18.1 Å². The Morgan fingerprint density at radius 1 is 1.30 bits per heavy atom. The third-order valence-corrected chi connectivity index (χ3v) is 2.96. The monoisotopic (exact) mass is 293 g/mol. The number of amides is 1. The Balaban J connectivity index is 2.06. The summed E-state index contributed by atoms with van der Waals surface area (Å²) in [6, 6.07) is 4.96. The Morgan fingerprint density at radius 3 is 2.70 bits per heavy atom. The molecule has 0 aliphatic rings. The van der Waals surface area contributed by atoms with Crippen molar-refractivity contribution in [1.29, 1.82) is 0 Å². The Bertz CT molecular complexity index is 648. The number of nitrogens with one attached hydrogen (secondary N) is 1. The molecule has 1 N–H and O–H groups in total. The van der Waals surface area contributed by atoms with Gasteiger partial charge in [-0.2, -0.15) is 0 Å². The maximum Gasteiger partial charge on any atom is 0.325 e. The molecule has 7 heteroatoms. The maximum absolute atomic E-state index is 11.9. The Labute approximate surface area is 120 Å². The van der Waals surface area contributed by atoms with Gasteiger partial charge < -0.3 is 10.1 Å². The number of ether oxygens (including phenoxy) is 1. The van der Waals surface area contributed by atoms with E-state index in [4.69, 9.17) is 11.6 Å². The zero-order valence-electron chi connectivity index (χ0n) is 10.7. The third-order valence-electron chi connectivity index (χ3n) is 2.63. The van der Waals surface area contributed by atoms with Gasteiger partial charge >= 0.3 is 5.97 Å². The van der Waals surface area contributed by atoms with Crippen molar-refractivity contribution in [2.45, 2.75) is 5.38 Å². The molecule has 0 spiro atoms. The van der Waals surface area contributed by atoms with Gasteiger partial charge in [0.2, 0.25) is 0 Å². The molecule has 1 atom stereocenters. The smallest absolute Gasteiger partial charge is 0.325 e. The van der Waals surface area contributed by atoms with Crippen molar-refractivity contribution in [3.63, 3.8) is 0 Å². The number of aromatic nitrogens is 2. The quantitative estimate of drug-likeness (QED) is 0.675. The number of hydrogen-bond acceptors (Lipinski definition) is 5. The number of esters is 1. The van der Waals surface area contributed by atoms with Gasteiger partial charge in [-0.25, -0.2) is 0 Å².